The zero-order valence-electron chi connectivity index (χ0n) is 9.82. The van der Waals surface area contributed by atoms with E-state index in [0.717, 1.165) is 5.75 Å². The van der Waals surface area contributed by atoms with Gasteiger partial charge in [0.15, 0.2) is 5.78 Å². The van der Waals surface area contributed by atoms with Crippen LogP contribution in [0.15, 0.2) is 35.6 Å². The minimum absolute atomic E-state index is 0.146. The molecule has 0 saturated carbocycles. The van der Waals surface area contributed by atoms with Gasteiger partial charge in [0.2, 0.25) is 0 Å². The summed E-state index contributed by atoms with van der Waals surface area (Å²) in [6.07, 6.45) is 7.70. The standard InChI is InChI=1S/C13H16O2S/c1-9-6-10(2)13(16-8-9)5-4-11(15-3)7-12(13)14/h4-7,10H,8H2,1-3H3. The van der Waals surface area contributed by atoms with Crippen LogP contribution < -0.4 is 0 Å². The number of methoxy groups -OCH3 is 1. The van der Waals surface area contributed by atoms with Gasteiger partial charge in [-0.05, 0) is 18.9 Å². The molecule has 1 heterocycles. The van der Waals surface area contributed by atoms with E-state index < -0.39 is 4.75 Å². The van der Waals surface area contributed by atoms with Crippen LogP contribution in [0.5, 0.6) is 0 Å². The largest absolute Gasteiger partial charge is 0.497 e. The van der Waals surface area contributed by atoms with E-state index >= 15 is 0 Å². The second-order valence-electron chi connectivity index (χ2n) is 4.33. The van der Waals surface area contributed by atoms with E-state index in [4.69, 9.17) is 4.74 Å². The second-order valence-corrected chi connectivity index (χ2v) is 5.58. The topological polar surface area (TPSA) is 26.3 Å². The number of thioether (sulfide) groups is 1. The van der Waals surface area contributed by atoms with Crippen LogP contribution in [0.3, 0.4) is 0 Å². The van der Waals surface area contributed by atoms with E-state index in [1.807, 2.05) is 12.2 Å². The highest BCUT2D eigenvalue weighted by Crippen LogP contribution is 2.43. The number of hydrogen-bond acceptors (Lipinski definition) is 3. The average molecular weight is 236 g/mol. The summed E-state index contributed by atoms with van der Waals surface area (Å²) >= 11 is 1.72. The molecule has 0 fully saturated rings. The normalized spacial score (nSPS) is 33.7. The number of carbonyl (C=O) groups excluding carboxylic acids is 1. The monoisotopic (exact) mass is 236 g/mol. The van der Waals surface area contributed by atoms with Crippen molar-refractivity contribution in [3.63, 3.8) is 0 Å². The SMILES string of the molecule is COC1=CC(=O)C2(C=C1)SCC(C)=CC2C. The smallest absolute Gasteiger partial charge is 0.179 e. The van der Waals surface area contributed by atoms with Crippen molar-refractivity contribution in [3.8, 4) is 0 Å². The number of ketones is 1. The lowest BCUT2D eigenvalue weighted by molar-refractivity contribution is -0.116. The van der Waals surface area contributed by atoms with Crippen molar-refractivity contribution in [3.05, 3.63) is 35.6 Å². The van der Waals surface area contributed by atoms with E-state index in [1.54, 1.807) is 24.9 Å². The van der Waals surface area contributed by atoms with Crippen LogP contribution in [0.1, 0.15) is 13.8 Å². The Labute approximate surface area is 100 Å². The first-order chi connectivity index (χ1) is 7.58. The Hall–Kier alpha value is -0.960. The second kappa shape index (κ2) is 4.13. The van der Waals surface area contributed by atoms with Gasteiger partial charge >= 0.3 is 0 Å². The molecule has 0 N–H and O–H groups in total. The quantitative estimate of drug-likeness (QED) is 0.655. The summed E-state index contributed by atoms with van der Waals surface area (Å²) in [7, 11) is 1.59. The van der Waals surface area contributed by atoms with Gasteiger partial charge in [-0.3, -0.25) is 4.79 Å². The first-order valence-electron chi connectivity index (χ1n) is 5.39. The molecule has 0 aromatic heterocycles. The fourth-order valence-electron chi connectivity index (χ4n) is 2.16. The molecule has 2 aliphatic rings. The van der Waals surface area contributed by atoms with Gasteiger partial charge in [-0.15, -0.1) is 11.8 Å². The van der Waals surface area contributed by atoms with Gasteiger partial charge in [-0.1, -0.05) is 24.6 Å². The summed E-state index contributed by atoms with van der Waals surface area (Å²) in [4.78, 5) is 12.2. The first kappa shape index (κ1) is 11.5. The Kier molecular flexibility index (Phi) is 2.98. The van der Waals surface area contributed by atoms with E-state index in [-0.39, 0.29) is 11.7 Å². The van der Waals surface area contributed by atoms with Crippen molar-refractivity contribution in [1.29, 1.82) is 0 Å². The molecule has 86 valence electrons. The number of carbonyl (C=O) groups is 1. The molecule has 2 rings (SSSR count). The predicted molar refractivity (Wildman–Crippen MR) is 67.3 cm³/mol. The molecule has 0 radical (unpaired) electrons. The molecule has 1 aliphatic heterocycles. The Bertz CT molecular complexity index is 406. The molecule has 2 unspecified atom stereocenters. The highest BCUT2D eigenvalue weighted by Gasteiger charge is 2.43. The van der Waals surface area contributed by atoms with Gasteiger partial charge in [0.25, 0.3) is 0 Å². The molecule has 0 amide bonds. The molecule has 2 atom stereocenters. The zero-order valence-corrected chi connectivity index (χ0v) is 10.6. The Morgan fingerprint density at radius 1 is 1.56 bits per heavy atom. The Balaban J connectivity index is 2.33. The summed E-state index contributed by atoms with van der Waals surface area (Å²) < 4.78 is 4.68. The molecule has 0 bridgehead atoms. The highest BCUT2D eigenvalue weighted by molar-refractivity contribution is 8.01. The van der Waals surface area contributed by atoms with Gasteiger partial charge < -0.3 is 4.74 Å². The van der Waals surface area contributed by atoms with Crippen molar-refractivity contribution in [1.82, 2.24) is 0 Å². The average Bonchev–Trinajstić information content (AvgIpc) is 2.26. The van der Waals surface area contributed by atoms with Crippen molar-refractivity contribution in [2.75, 3.05) is 12.9 Å². The summed E-state index contributed by atoms with van der Waals surface area (Å²) in [6, 6.07) is 0. The first-order valence-corrected chi connectivity index (χ1v) is 6.37. The van der Waals surface area contributed by atoms with Gasteiger partial charge in [0.1, 0.15) is 10.5 Å². The molecular formula is C13H16O2S. The summed E-state index contributed by atoms with van der Waals surface area (Å²) in [6.45, 7) is 4.22. The summed E-state index contributed by atoms with van der Waals surface area (Å²) in [5.41, 5.74) is 1.35. The molecule has 1 spiro atoms. The van der Waals surface area contributed by atoms with Crippen LogP contribution in [0.25, 0.3) is 0 Å². The van der Waals surface area contributed by atoms with Gasteiger partial charge in [0, 0.05) is 11.8 Å². The maximum absolute atomic E-state index is 12.2. The summed E-state index contributed by atoms with van der Waals surface area (Å²) in [5.74, 6) is 1.96. The van der Waals surface area contributed by atoms with Gasteiger partial charge in [-0.25, -0.2) is 0 Å². The number of hydrogen-bond donors (Lipinski definition) is 0. The fraction of sp³-hybridized carbons (Fsp3) is 0.462. The van der Waals surface area contributed by atoms with Gasteiger partial charge in [0.05, 0.1) is 7.11 Å². The molecule has 0 aromatic carbocycles. The third-order valence-electron chi connectivity index (χ3n) is 3.14. The van der Waals surface area contributed by atoms with Crippen LogP contribution in [0.4, 0.5) is 0 Å². The number of allylic oxidation sites excluding steroid dienone is 3. The lowest BCUT2D eigenvalue weighted by Crippen LogP contribution is -2.42. The zero-order chi connectivity index (χ0) is 11.8. The third-order valence-corrected chi connectivity index (χ3v) is 4.93. The van der Waals surface area contributed by atoms with Crippen LogP contribution >= 0.6 is 11.8 Å². The summed E-state index contributed by atoms with van der Waals surface area (Å²) in [5, 5.41) is 0. The Morgan fingerprint density at radius 2 is 2.31 bits per heavy atom. The molecule has 16 heavy (non-hydrogen) atoms. The lowest BCUT2D eigenvalue weighted by Gasteiger charge is -2.37. The minimum Gasteiger partial charge on any atom is -0.497 e. The van der Waals surface area contributed by atoms with Crippen molar-refractivity contribution < 1.29 is 9.53 Å². The molecule has 0 saturated heterocycles. The van der Waals surface area contributed by atoms with Crippen molar-refractivity contribution in [2.24, 2.45) is 5.92 Å². The van der Waals surface area contributed by atoms with Crippen LogP contribution in [-0.4, -0.2) is 23.4 Å². The van der Waals surface area contributed by atoms with Crippen molar-refractivity contribution in [2.45, 2.75) is 18.6 Å². The maximum atomic E-state index is 12.2. The van der Waals surface area contributed by atoms with E-state index in [2.05, 4.69) is 19.9 Å². The molecule has 1 aliphatic carbocycles. The van der Waals surface area contributed by atoms with Crippen LogP contribution in [0.2, 0.25) is 0 Å². The highest BCUT2D eigenvalue weighted by atomic mass is 32.2. The van der Waals surface area contributed by atoms with Crippen molar-refractivity contribution >= 4 is 17.5 Å². The number of rotatable bonds is 1. The van der Waals surface area contributed by atoms with E-state index in [1.165, 1.54) is 5.57 Å². The molecule has 2 nitrogen and oxygen atoms in total. The minimum atomic E-state index is -0.401. The number of ether oxygens (including phenoxy) is 1. The van der Waals surface area contributed by atoms with Crippen LogP contribution in [-0.2, 0) is 9.53 Å². The fourth-order valence-corrected chi connectivity index (χ4v) is 3.42. The Morgan fingerprint density at radius 3 is 2.88 bits per heavy atom. The molecule has 3 heteroatoms. The predicted octanol–water partition coefficient (Wildman–Crippen LogP) is 2.72. The van der Waals surface area contributed by atoms with E-state index in [0.29, 0.717) is 5.76 Å². The molecule has 0 aromatic rings. The van der Waals surface area contributed by atoms with Gasteiger partial charge in [-0.2, -0.15) is 0 Å². The molecular weight excluding hydrogens is 220 g/mol. The maximum Gasteiger partial charge on any atom is 0.179 e. The third kappa shape index (κ3) is 1.73. The van der Waals surface area contributed by atoms with Crippen LogP contribution in [0, 0.1) is 5.92 Å². The van der Waals surface area contributed by atoms with E-state index in [9.17, 15) is 4.79 Å². The lowest BCUT2D eigenvalue weighted by atomic mass is 9.84.